The molecule has 18 rings (SSSR count). The predicted octanol–water partition coefficient (Wildman–Crippen LogP) is 18.7. The molecule has 18 aliphatic carbocycles. The molecule has 0 saturated heterocycles. The van der Waals surface area contributed by atoms with Gasteiger partial charge in [0, 0.05) is 0 Å². The molecule has 0 heterocycles. The van der Waals surface area contributed by atoms with Crippen molar-refractivity contribution < 1.29 is 0 Å². The molecule has 0 radical (unpaired) electrons. The summed E-state index contributed by atoms with van der Waals surface area (Å²) in [5.74, 6) is 12.6. The molecule has 0 nitrogen and oxygen atoms in total. The number of rotatable bonds is 0. The molecule has 28 atom stereocenters. The van der Waals surface area contributed by atoms with Crippen LogP contribution in [0, 0.1) is 163 Å². The Balaban J connectivity index is 0.000000246. The van der Waals surface area contributed by atoms with Gasteiger partial charge in [-0.05, 0) is 169 Å². The van der Waals surface area contributed by atoms with Crippen molar-refractivity contribution in [3.8, 4) is 0 Å². The van der Waals surface area contributed by atoms with Crippen LogP contribution in [0.4, 0.5) is 0 Å². The Labute approximate surface area is 395 Å². The van der Waals surface area contributed by atoms with Gasteiger partial charge in [0.1, 0.15) is 0 Å². The Morgan fingerprint density at radius 2 is 0.540 bits per heavy atom. The Kier molecular flexibility index (Phi) is 8.98. The molecule has 8 spiro atoms. The first-order valence-electron chi connectivity index (χ1n) is 29.9. The number of hydrogen-bond donors (Lipinski definition) is 0. The Morgan fingerprint density at radius 3 is 0.921 bits per heavy atom. The molecular weight excluding hydrogens is 757 g/mol. The third kappa shape index (κ3) is 2.04. The molecule has 0 N–H and O–H groups in total. The Bertz CT molecular complexity index is 2030. The second kappa shape index (κ2) is 11.4. The largest absolute Gasteiger partial charge is 0.0683 e. The molecule has 0 unspecified atom stereocenters. The quantitative estimate of drug-likeness (QED) is 0.228. The molecule has 63 heavy (non-hydrogen) atoms. The van der Waals surface area contributed by atoms with Crippen LogP contribution in [0.25, 0.3) is 0 Å². The third-order valence-corrected chi connectivity index (χ3v) is 32.1. The fourth-order valence-corrected chi connectivity index (χ4v) is 35.1. The van der Waals surface area contributed by atoms with Crippen LogP contribution in [0.1, 0.15) is 235 Å². The van der Waals surface area contributed by atoms with Gasteiger partial charge in [0.2, 0.25) is 0 Å². The zero-order chi connectivity index (χ0) is 49.1. The van der Waals surface area contributed by atoms with Crippen LogP contribution in [-0.2, 0) is 0 Å². The summed E-state index contributed by atoms with van der Waals surface area (Å²) >= 11 is 0. The lowest BCUT2D eigenvalue weighted by molar-refractivity contribution is -0.984. The number of fused-ring (bicyclic) bond motifs is 14. The maximum atomic E-state index is 3.07. The minimum absolute atomic E-state index is 0.485. The standard InChI is InChI=1S/C43H52.10C2H6/c1-15-17-14-18-20-22-24-25-23-21-19-16(2)27(5)26(3,4)29(7)31(9)33(11)35(13)34(12)32(10)30(8)28(15,6)36(17,18)38(20,30)40(22,32)42(24,34)43(25,35)41(23,33)39(21,31)37(19,27)29;10*1-2/h15-25H,14H2,1-13H3;10*1-2H3/t15-,16-,17+,18+,19-,20+,21-,22+,23+,24+,25-,27-,28-,29+,30-,31+,32-,33+,34-,35+,36+,37+,38+,39-,40+,41-,42+,43-;;;;;;;;;;/m1........../s1. The van der Waals surface area contributed by atoms with E-state index in [9.17, 15) is 0 Å². The smallest absolute Gasteiger partial charge is 0.00566 e. The van der Waals surface area contributed by atoms with Gasteiger partial charge in [-0.2, -0.15) is 0 Å². The molecule has 18 fully saturated rings. The van der Waals surface area contributed by atoms with Crippen LogP contribution >= 0.6 is 0 Å². The molecule has 0 heteroatoms. The van der Waals surface area contributed by atoms with Crippen molar-refractivity contribution in [2.75, 3.05) is 0 Å². The topological polar surface area (TPSA) is 0 Å². The summed E-state index contributed by atoms with van der Waals surface area (Å²) in [5.41, 5.74) is 12.4. The molecule has 364 valence electrons. The highest BCUT2D eigenvalue weighted by atomic mass is 15.5. The summed E-state index contributed by atoms with van der Waals surface area (Å²) in [6.07, 6.45) is 1.66. The summed E-state index contributed by atoms with van der Waals surface area (Å²) in [6.45, 7) is 78.1. The van der Waals surface area contributed by atoms with Crippen molar-refractivity contribution in [1.29, 1.82) is 0 Å². The average molecular weight is 870 g/mol. The van der Waals surface area contributed by atoms with E-state index in [1.165, 1.54) is 35.5 Å². The maximum Gasteiger partial charge on any atom is -0.00566 e. The molecule has 18 aliphatic rings. The van der Waals surface area contributed by atoms with Crippen molar-refractivity contribution in [2.45, 2.75) is 235 Å². The highest BCUT2D eigenvalue weighted by Gasteiger charge is 3.44. The van der Waals surface area contributed by atoms with E-state index in [-0.39, 0.29) is 0 Å². The van der Waals surface area contributed by atoms with Crippen LogP contribution in [-0.4, -0.2) is 0 Å². The zero-order valence-corrected chi connectivity index (χ0v) is 49.1. The highest BCUT2D eigenvalue weighted by molar-refractivity contribution is 5.88. The fraction of sp³-hybridized carbons (Fsp3) is 1.00. The van der Waals surface area contributed by atoms with Crippen LogP contribution in [0.2, 0.25) is 0 Å². The van der Waals surface area contributed by atoms with Crippen molar-refractivity contribution in [3.63, 3.8) is 0 Å². The lowest BCUT2D eigenvalue weighted by Gasteiger charge is -3.43. The molecule has 0 aliphatic heterocycles. The first-order chi connectivity index (χ1) is 29.9. The third-order valence-electron chi connectivity index (χ3n) is 32.1. The van der Waals surface area contributed by atoms with Crippen molar-refractivity contribution in [3.05, 3.63) is 0 Å². The molecule has 0 amide bonds. The normalized spacial score (nSPS) is 74.1. The van der Waals surface area contributed by atoms with Crippen LogP contribution in [0.3, 0.4) is 0 Å². The second-order valence-corrected chi connectivity index (χ2v) is 25.1. The van der Waals surface area contributed by atoms with E-state index in [4.69, 9.17) is 0 Å². The molecule has 18 saturated carbocycles. The lowest BCUT2D eigenvalue weighted by atomic mass is 8.59. The summed E-state index contributed by atoms with van der Waals surface area (Å²) < 4.78 is 0. The summed E-state index contributed by atoms with van der Waals surface area (Å²) in [6, 6.07) is 0. The van der Waals surface area contributed by atoms with E-state index in [0.717, 1.165) is 72.9 Å². The van der Waals surface area contributed by atoms with E-state index in [1.807, 2.05) is 138 Å². The minimum atomic E-state index is 0.485. The van der Waals surface area contributed by atoms with Gasteiger partial charge in [-0.3, -0.25) is 0 Å². The zero-order valence-electron chi connectivity index (χ0n) is 49.1. The van der Waals surface area contributed by atoms with Gasteiger partial charge in [0.25, 0.3) is 0 Å². The van der Waals surface area contributed by atoms with Crippen molar-refractivity contribution >= 4 is 0 Å². The average Bonchev–Trinajstić information content (AvgIpc) is 3.33. The SMILES string of the molecule is CC.CC.CC.CC.CC.CC.CC.CC.CC.CC.C[C@@H]1[C@@H]2C[C@H]3[C@H]4[C@H]5[C@H]6[C@H]7[C@@H]8[C@H]9[C@H]%10[C@@H](C)[C@]%11(C)C(C)(C)[C@@]%12(C)[C@@]%13(C)[C@@]%14(C)[C@@]%15(C)[C@@]%16(C)[C@@]%17(C)[C@@]%18(C)[C@]1(C)[C@@]32[C@]4%18[C@]5%17[C@]6%16[C@]7%15[C@]8%14[C@]9%13[C@]%10%12%11. The first kappa shape index (κ1) is 49.4. The molecule has 0 bridgehead atoms. The van der Waals surface area contributed by atoms with Crippen LogP contribution in [0.15, 0.2) is 0 Å². The van der Waals surface area contributed by atoms with Gasteiger partial charge in [-0.1, -0.05) is 228 Å². The summed E-state index contributed by atoms with van der Waals surface area (Å²) in [7, 11) is 0. The van der Waals surface area contributed by atoms with Gasteiger partial charge in [-0.25, -0.2) is 0 Å². The van der Waals surface area contributed by atoms with Gasteiger partial charge < -0.3 is 0 Å². The predicted molar refractivity (Wildman–Crippen MR) is 274 cm³/mol. The maximum absolute atomic E-state index is 3.07. The van der Waals surface area contributed by atoms with E-state index < -0.39 is 0 Å². The molecular formula is C63H112. The van der Waals surface area contributed by atoms with Gasteiger partial charge >= 0.3 is 0 Å². The van der Waals surface area contributed by atoms with E-state index in [2.05, 4.69) is 90.0 Å². The van der Waals surface area contributed by atoms with Crippen molar-refractivity contribution in [2.24, 2.45) is 163 Å². The van der Waals surface area contributed by atoms with Crippen LogP contribution in [0.5, 0.6) is 0 Å². The summed E-state index contributed by atoms with van der Waals surface area (Å²) in [4.78, 5) is 0. The molecule has 0 aromatic heterocycles. The van der Waals surface area contributed by atoms with E-state index >= 15 is 0 Å². The van der Waals surface area contributed by atoms with Crippen molar-refractivity contribution in [1.82, 2.24) is 0 Å². The van der Waals surface area contributed by atoms with E-state index in [1.54, 1.807) is 6.42 Å². The van der Waals surface area contributed by atoms with Gasteiger partial charge in [0.05, 0.1) is 0 Å². The van der Waals surface area contributed by atoms with E-state index in [0.29, 0.717) is 54.1 Å². The van der Waals surface area contributed by atoms with Gasteiger partial charge in [-0.15, -0.1) is 0 Å². The fourth-order valence-electron chi connectivity index (χ4n) is 35.1. The van der Waals surface area contributed by atoms with Crippen LogP contribution < -0.4 is 0 Å². The lowest BCUT2D eigenvalue weighted by Crippen LogP contribution is -3.42. The highest BCUT2D eigenvalue weighted by Crippen LogP contribution is 3.45. The Hall–Kier alpha value is 0. The monoisotopic (exact) mass is 869 g/mol. The second-order valence-electron chi connectivity index (χ2n) is 25.1. The summed E-state index contributed by atoms with van der Waals surface area (Å²) in [5, 5.41) is 0. The van der Waals surface area contributed by atoms with Gasteiger partial charge in [0.15, 0.2) is 0 Å². The number of hydrogen-bond acceptors (Lipinski definition) is 0. The Morgan fingerprint density at radius 1 is 0.254 bits per heavy atom. The minimum Gasteiger partial charge on any atom is -0.0683 e. The molecule has 0 aromatic rings. The first-order valence-corrected chi connectivity index (χ1v) is 29.9. The molecule has 0 aromatic carbocycles.